The highest BCUT2D eigenvalue weighted by Gasteiger charge is 2.00. The molecule has 0 aliphatic carbocycles. The Morgan fingerprint density at radius 1 is 1.33 bits per heavy atom. The van der Waals surface area contributed by atoms with E-state index in [-0.39, 0.29) is 5.56 Å². The first-order valence-electron chi connectivity index (χ1n) is 4.30. The third-order valence-corrected chi connectivity index (χ3v) is 3.06. The van der Waals surface area contributed by atoms with Crippen molar-refractivity contribution in [1.29, 1.82) is 0 Å². The Balaban J connectivity index is 1.99. The molecule has 1 heterocycles. The number of hydrogen-bond acceptors (Lipinski definition) is 3. The highest BCUT2D eigenvalue weighted by atomic mass is 35.5. The molecule has 0 radical (unpaired) electrons. The van der Waals surface area contributed by atoms with Gasteiger partial charge in [0.1, 0.15) is 5.76 Å². The summed E-state index contributed by atoms with van der Waals surface area (Å²) in [5.41, 5.74) is -0.207. The molecule has 2 aromatic rings. The van der Waals surface area contributed by atoms with Gasteiger partial charge in [-0.15, -0.1) is 11.8 Å². The lowest BCUT2D eigenvalue weighted by Gasteiger charge is -1.98. The molecule has 0 bridgehead atoms. The maximum atomic E-state index is 10.8. The number of thioether (sulfide) groups is 1. The minimum absolute atomic E-state index is 0.207. The van der Waals surface area contributed by atoms with E-state index in [2.05, 4.69) is 5.16 Å². The molecule has 0 fully saturated rings. The molecule has 1 N–H and O–H groups in total. The fourth-order valence-electron chi connectivity index (χ4n) is 1.08. The van der Waals surface area contributed by atoms with Crippen LogP contribution >= 0.6 is 23.4 Å². The molecule has 0 unspecified atom stereocenters. The van der Waals surface area contributed by atoms with E-state index in [9.17, 15) is 4.79 Å². The summed E-state index contributed by atoms with van der Waals surface area (Å²) >= 11 is 7.34. The number of H-pyrrole nitrogens is 1. The molecule has 0 aliphatic heterocycles. The summed E-state index contributed by atoms with van der Waals surface area (Å²) in [7, 11) is 0. The van der Waals surface area contributed by atoms with Crippen LogP contribution in [0.15, 0.2) is 44.5 Å². The van der Waals surface area contributed by atoms with Crippen molar-refractivity contribution in [3.63, 3.8) is 0 Å². The highest BCUT2D eigenvalue weighted by Crippen LogP contribution is 2.23. The maximum Gasteiger partial charge on any atom is 0.280 e. The molecule has 2 rings (SSSR count). The van der Waals surface area contributed by atoms with Crippen LogP contribution in [0.4, 0.5) is 0 Å². The molecule has 0 amide bonds. The summed E-state index contributed by atoms with van der Waals surface area (Å²) in [6.45, 7) is 0. The summed E-state index contributed by atoms with van der Waals surface area (Å²) in [5, 5.41) is 2.96. The lowest BCUT2D eigenvalue weighted by Crippen LogP contribution is -1.92. The smallest absolute Gasteiger partial charge is 0.280 e. The molecule has 0 atom stereocenters. The molecule has 0 spiro atoms. The van der Waals surface area contributed by atoms with Gasteiger partial charge >= 0.3 is 0 Å². The zero-order valence-electron chi connectivity index (χ0n) is 7.70. The Bertz CT molecular complexity index is 489. The van der Waals surface area contributed by atoms with Crippen molar-refractivity contribution >= 4 is 23.4 Å². The molecule has 0 aliphatic rings. The summed E-state index contributed by atoms with van der Waals surface area (Å²) in [6, 6.07) is 8.97. The fourth-order valence-corrected chi connectivity index (χ4v) is 1.98. The molecular weight excluding hydrogens is 234 g/mol. The lowest BCUT2D eigenvalue weighted by molar-refractivity contribution is 0.390. The Morgan fingerprint density at radius 3 is 2.67 bits per heavy atom. The summed E-state index contributed by atoms with van der Waals surface area (Å²) in [6.07, 6.45) is 0. The molecular formula is C10H8ClNO2S. The Hall–Kier alpha value is -1.13. The molecule has 1 aromatic heterocycles. The summed E-state index contributed by atoms with van der Waals surface area (Å²) < 4.78 is 4.93. The molecule has 78 valence electrons. The van der Waals surface area contributed by atoms with E-state index in [4.69, 9.17) is 16.1 Å². The van der Waals surface area contributed by atoms with Crippen molar-refractivity contribution in [1.82, 2.24) is 5.16 Å². The van der Waals surface area contributed by atoms with Crippen LogP contribution in [0.1, 0.15) is 5.76 Å². The van der Waals surface area contributed by atoms with Crippen LogP contribution in [-0.4, -0.2) is 5.16 Å². The van der Waals surface area contributed by atoms with Crippen LogP contribution in [0.5, 0.6) is 0 Å². The molecule has 1 aromatic carbocycles. The maximum absolute atomic E-state index is 10.8. The van der Waals surface area contributed by atoms with Gasteiger partial charge in [0.2, 0.25) is 0 Å². The molecule has 0 saturated heterocycles. The minimum atomic E-state index is -0.207. The minimum Gasteiger partial charge on any atom is -0.383 e. The first kappa shape index (κ1) is 10.4. The van der Waals surface area contributed by atoms with Crippen molar-refractivity contribution in [3.05, 3.63) is 51.5 Å². The van der Waals surface area contributed by atoms with Gasteiger partial charge in [-0.25, -0.2) is 0 Å². The predicted octanol–water partition coefficient (Wildman–Crippen LogP) is 2.91. The van der Waals surface area contributed by atoms with Gasteiger partial charge in [0.05, 0.1) is 5.75 Å². The van der Waals surface area contributed by atoms with E-state index in [1.807, 2.05) is 24.3 Å². The summed E-state index contributed by atoms with van der Waals surface area (Å²) in [5.74, 6) is 1.26. The van der Waals surface area contributed by atoms with E-state index in [0.29, 0.717) is 16.5 Å². The first-order valence-corrected chi connectivity index (χ1v) is 5.66. The molecule has 5 heteroatoms. The van der Waals surface area contributed by atoms with Crippen molar-refractivity contribution < 1.29 is 4.52 Å². The molecule has 3 nitrogen and oxygen atoms in total. The standard InChI is InChI=1S/C10H8ClNO2S/c11-7-1-3-9(4-2-7)15-6-8-5-10(13)12-14-8/h1-5H,6H2,(H,12,13). The van der Waals surface area contributed by atoms with Crippen LogP contribution in [0.25, 0.3) is 0 Å². The van der Waals surface area contributed by atoms with Gasteiger partial charge in [0, 0.05) is 16.0 Å². The van der Waals surface area contributed by atoms with Crippen LogP contribution < -0.4 is 5.56 Å². The van der Waals surface area contributed by atoms with Gasteiger partial charge in [-0.1, -0.05) is 11.6 Å². The monoisotopic (exact) mass is 241 g/mol. The molecule has 0 saturated carbocycles. The predicted molar refractivity (Wildman–Crippen MR) is 60.3 cm³/mol. The number of halogens is 1. The zero-order chi connectivity index (χ0) is 10.7. The van der Waals surface area contributed by atoms with Gasteiger partial charge in [-0.2, -0.15) is 5.16 Å². The first-order chi connectivity index (χ1) is 7.24. The van der Waals surface area contributed by atoms with E-state index in [0.717, 1.165) is 4.90 Å². The van der Waals surface area contributed by atoms with E-state index < -0.39 is 0 Å². The topological polar surface area (TPSA) is 46.0 Å². The van der Waals surface area contributed by atoms with Gasteiger partial charge in [0.15, 0.2) is 0 Å². The second-order valence-corrected chi connectivity index (χ2v) is 4.41. The van der Waals surface area contributed by atoms with Gasteiger partial charge in [0.25, 0.3) is 5.56 Å². The largest absolute Gasteiger partial charge is 0.383 e. The van der Waals surface area contributed by atoms with E-state index in [1.54, 1.807) is 11.8 Å². The van der Waals surface area contributed by atoms with Crippen LogP contribution in [0.3, 0.4) is 0 Å². The molecule has 15 heavy (non-hydrogen) atoms. The second kappa shape index (κ2) is 4.59. The number of benzene rings is 1. The highest BCUT2D eigenvalue weighted by molar-refractivity contribution is 7.98. The normalized spacial score (nSPS) is 10.5. The zero-order valence-corrected chi connectivity index (χ0v) is 9.27. The van der Waals surface area contributed by atoms with E-state index in [1.165, 1.54) is 6.07 Å². The number of aromatic amines is 1. The Morgan fingerprint density at radius 2 is 2.07 bits per heavy atom. The fraction of sp³-hybridized carbons (Fsp3) is 0.100. The lowest BCUT2D eigenvalue weighted by atomic mass is 10.4. The number of aromatic nitrogens is 1. The van der Waals surface area contributed by atoms with Crippen LogP contribution in [-0.2, 0) is 5.75 Å². The van der Waals surface area contributed by atoms with Gasteiger partial charge in [-0.05, 0) is 24.3 Å². The van der Waals surface area contributed by atoms with Crippen molar-refractivity contribution in [2.24, 2.45) is 0 Å². The van der Waals surface area contributed by atoms with Gasteiger partial charge < -0.3 is 4.52 Å². The van der Waals surface area contributed by atoms with Crippen molar-refractivity contribution in [3.8, 4) is 0 Å². The average Bonchev–Trinajstić information content (AvgIpc) is 2.64. The average molecular weight is 242 g/mol. The SMILES string of the molecule is O=c1cc(CSc2ccc(Cl)cc2)o[nH]1. The third-order valence-electron chi connectivity index (χ3n) is 1.77. The Labute approximate surface area is 95.4 Å². The van der Waals surface area contributed by atoms with E-state index >= 15 is 0 Å². The van der Waals surface area contributed by atoms with Crippen molar-refractivity contribution in [2.75, 3.05) is 0 Å². The third kappa shape index (κ3) is 2.91. The number of hydrogen-bond donors (Lipinski definition) is 1. The number of rotatable bonds is 3. The van der Waals surface area contributed by atoms with Gasteiger partial charge in [-0.3, -0.25) is 4.79 Å². The summed E-state index contributed by atoms with van der Waals surface area (Å²) in [4.78, 5) is 11.9. The Kier molecular flexibility index (Phi) is 3.18. The quantitative estimate of drug-likeness (QED) is 0.841. The second-order valence-electron chi connectivity index (χ2n) is 2.92. The van der Waals surface area contributed by atoms with Crippen molar-refractivity contribution in [2.45, 2.75) is 10.6 Å². The van der Waals surface area contributed by atoms with Crippen LogP contribution in [0, 0.1) is 0 Å². The number of nitrogens with one attached hydrogen (secondary N) is 1. The van der Waals surface area contributed by atoms with Crippen LogP contribution in [0.2, 0.25) is 5.02 Å².